The third-order valence-corrected chi connectivity index (χ3v) is 8.69. The number of pyridine rings is 1. The minimum atomic E-state index is -4.74. The fraction of sp³-hybridized carbons (Fsp3) is 0.419. The highest BCUT2D eigenvalue weighted by atomic mass is 35.5. The average molecular weight is 648 g/mol. The van der Waals surface area contributed by atoms with Crippen LogP contribution in [0.4, 0.5) is 22.4 Å². The van der Waals surface area contributed by atoms with Crippen molar-refractivity contribution >= 4 is 51.3 Å². The van der Waals surface area contributed by atoms with Crippen LogP contribution in [0.15, 0.2) is 35.5 Å². The Morgan fingerprint density at radius 3 is 2.61 bits per heavy atom. The number of aromatic nitrogens is 3. The molecule has 1 saturated heterocycles. The lowest BCUT2D eigenvalue weighted by atomic mass is 9.93. The van der Waals surface area contributed by atoms with Crippen LogP contribution < -0.4 is 0 Å². The number of carbonyl (C=O) groups excluding carboxylic acids is 1. The number of piperidine rings is 1. The van der Waals surface area contributed by atoms with Gasteiger partial charge >= 0.3 is 12.3 Å². The second-order valence-corrected chi connectivity index (χ2v) is 13.0. The number of halogens is 5. The van der Waals surface area contributed by atoms with E-state index in [0.717, 1.165) is 0 Å². The second-order valence-electron chi connectivity index (χ2n) is 11.8. The van der Waals surface area contributed by atoms with Gasteiger partial charge in [-0.1, -0.05) is 29.8 Å². The molecule has 0 spiro atoms. The highest BCUT2D eigenvalue weighted by Crippen LogP contribution is 2.45. The molecule has 1 fully saturated rings. The first-order chi connectivity index (χ1) is 20.7. The summed E-state index contributed by atoms with van der Waals surface area (Å²) in [5.74, 6) is -0.962. The van der Waals surface area contributed by atoms with Crippen LogP contribution in [-0.2, 0) is 10.9 Å². The number of benzene rings is 2. The van der Waals surface area contributed by atoms with Crippen molar-refractivity contribution in [2.24, 2.45) is 0 Å². The Balaban J connectivity index is 1.66. The minimum absolute atomic E-state index is 0.0542. The molecule has 7 nitrogen and oxygen atoms in total. The van der Waals surface area contributed by atoms with Gasteiger partial charge in [-0.2, -0.15) is 23.5 Å². The zero-order valence-corrected chi connectivity index (χ0v) is 26.3. The summed E-state index contributed by atoms with van der Waals surface area (Å²) in [4.78, 5) is 19.0. The SMILES string of the molecule is CSc1nc2c(F)c(-c3cccc(C)c3C(F)(F)F)c(Cl)cc2c2c1cnn2[C@H]1CCN(C(=O)OC(C)(C)C)[C@H](CC#N)C1. The molecule has 5 rings (SSSR count). The third kappa shape index (κ3) is 5.79. The number of alkyl halides is 3. The normalized spacial score (nSPS) is 17.7. The molecule has 2 atom stereocenters. The van der Waals surface area contributed by atoms with Crippen molar-refractivity contribution < 1.29 is 27.1 Å². The maximum atomic E-state index is 16.4. The molecule has 4 aromatic rings. The van der Waals surface area contributed by atoms with Gasteiger partial charge in [0.1, 0.15) is 16.1 Å². The number of nitrogens with zero attached hydrogens (tertiary/aromatic N) is 5. The van der Waals surface area contributed by atoms with E-state index in [1.165, 1.54) is 43.0 Å². The van der Waals surface area contributed by atoms with Gasteiger partial charge in [0.25, 0.3) is 0 Å². The highest BCUT2D eigenvalue weighted by molar-refractivity contribution is 7.98. The average Bonchev–Trinajstić information content (AvgIpc) is 3.37. The molecule has 232 valence electrons. The van der Waals surface area contributed by atoms with E-state index in [9.17, 15) is 23.2 Å². The van der Waals surface area contributed by atoms with Crippen molar-refractivity contribution in [1.82, 2.24) is 19.7 Å². The Kier molecular flexibility index (Phi) is 8.50. The van der Waals surface area contributed by atoms with Crippen LogP contribution in [-0.4, -0.2) is 50.2 Å². The highest BCUT2D eigenvalue weighted by Gasteiger charge is 2.38. The quantitative estimate of drug-likeness (QED) is 0.162. The monoisotopic (exact) mass is 647 g/mol. The van der Waals surface area contributed by atoms with Crippen LogP contribution >= 0.6 is 23.4 Å². The molecule has 3 heterocycles. The number of aryl methyl sites for hydroxylation is 1. The fourth-order valence-electron chi connectivity index (χ4n) is 5.89. The van der Waals surface area contributed by atoms with Gasteiger partial charge in [-0.05, 0) is 64.0 Å². The minimum Gasteiger partial charge on any atom is -0.444 e. The van der Waals surface area contributed by atoms with Crippen molar-refractivity contribution in [3.8, 4) is 17.2 Å². The maximum Gasteiger partial charge on any atom is 0.417 e. The van der Waals surface area contributed by atoms with Crippen molar-refractivity contribution in [2.45, 2.75) is 75.8 Å². The number of likely N-dealkylation sites (tertiary alicyclic amines) is 1. The number of rotatable bonds is 4. The van der Waals surface area contributed by atoms with Gasteiger partial charge < -0.3 is 9.64 Å². The predicted octanol–water partition coefficient (Wildman–Crippen LogP) is 8.95. The number of nitriles is 1. The summed E-state index contributed by atoms with van der Waals surface area (Å²) in [6, 6.07) is 6.82. The van der Waals surface area contributed by atoms with Crippen LogP contribution in [0.5, 0.6) is 0 Å². The van der Waals surface area contributed by atoms with Crippen LogP contribution in [0.25, 0.3) is 32.9 Å². The van der Waals surface area contributed by atoms with Gasteiger partial charge in [-0.25, -0.2) is 14.2 Å². The molecule has 1 amide bonds. The van der Waals surface area contributed by atoms with Gasteiger partial charge in [0.15, 0.2) is 5.82 Å². The van der Waals surface area contributed by atoms with Crippen molar-refractivity contribution in [2.75, 3.05) is 12.8 Å². The number of hydrogen-bond acceptors (Lipinski definition) is 6. The Hall–Kier alpha value is -3.56. The number of ether oxygens (including phenoxy) is 1. The molecule has 0 N–H and O–H groups in total. The van der Waals surface area contributed by atoms with E-state index in [1.807, 2.05) is 0 Å². The fourth-order valence-corrected chi connectivity index (χ4v) is 6.74. The lowest BCUT2D eigenvalue weighted by Gasteiger charge is -2.39. The number of fused-ring (bicyclic) bond motifs is 3. The standard InChI is InChI=1S/C31H30ClF4N5O2S/c1-16-7-6-8-19(24(16)31(34,35)36)23-22(32)14-20-26(25(23)33)39-28(44-5)21-15-38-41(27(20)21)18-10-12-40(17(13-18)9-11-37)29(42)43-30(2,3)4/h6-8,14-15,17-18H,9-10,12-13H2,1-5H3/t17-,18+/m1/s1. The lowest BCUT2D eigenvalue weighted by Crippen LogP contribution is -2.48. The first-order valence-electron chi connectivity index (χ1n) is 13.9. The maximum absolute atomic E-state index is 16.4. The van der Waals surface area contributed by atoms with E-state index in [4.69, 9.17) is 16.3 Å². The molecule has 44 heavy (non-hydrogen) atoms. The van der Waals surface area contributed by atoms with Gasteiger partial charge in [-0.3, -0.25) is 4.68 Å². The Labute approximate surface area is 261 Å². The van der Waals surface area contributed by atoms with E-state index in [1.54, 1.807) is 42.8 Å². The number of hydrogen-bond donors (Lipinski definition) is 0. The molecule has 1 aliphatic rings. The van der Waals surface area contributed by atoms with E-state index < -0.39 is 35.3 Å². The molecular formula is C31H30ClF4N5O2S. The Morgan fingerprint density at radius 2 is 1.98 bits per heavy atom. The van der Waals surface area contributed by atoms with Gasteiger partial charge in [0, 0.05) is 17.5 Å². The smallest absolute Gasteiger partial charge is 0.417 e. The van der Waals surface area contributed by atoms with E-state index in [0.29, 0.717) is 40.7 Å². The number of amides is 1. The zero-order valence-electron chi connectivity index (χ0n) is 24.7. The Bertz CT molecular complexity index is 1810. The summed E-state index contributed by atoms with van der Waals surface area (Å²) in [5, 5.41) is 15.3. The summed E-state index contributed by atoms with van der Waals surface area (Å²) in [6.45, 7) is 6.94. The lowest BCUT2D eigenvalue weighted by molar-refractivity contribution is -0.137. The molecule has 2 aromatic heterocycles. The number of carbonyl (C=O) groups is 1. The largest absolute Gasteiger partial charge is 0.444 e. The predicted molar refractivity (Wildman–Crippen MR) is 162 cm³/mol. The molecule has 1 aliphatic heterocycles. The summed E-state index contributed by atoms with van der Waals surface area (Å²) in [6.07, 6.45) is -0.914. The Morgan fingerprint density at radius 1 is 1.25 bits per heavy atom. The molecule has 0 radical (unpaired) electrons. The van der Waals surface area contributed by atoms with E-state index in [-0.39, 0.29) is 39.7 Å². The van der Waals surface area contributed by atoms with Crippen LogP contribution in [0, 0.1) is 24.1 Å². The summed E-state index contributed by atoms with van der Waals surface area (Å²) in [5.41, 5.74) is -2.06. The van der Waals surface area contributed by atoms with Gasteiger partial charge in [0.2, 0.25) is 0 Å². The number of thioether (sulfide) groups is 1. The summed E-state index contributed by atoms with van der Waals surface area (Å²) < 4.78 is 66.1. The van der Waals surface area contributed by atoms with Gasteiger partial charge in [-0.15, -0.1) is 11.8 Å². The summed E-state index contributed by atoms with van der Waals surface area (Å²) >= 11 is 7.86. The topological polar surface area (TPSA) is 84.0 Å². The summed E-state index contributed by atoms with van der Waals surface area (Å²) in [7, 11) is 0. The van der Waals surface area contributed by atoms with Crippen molar-refractivity contribution in [1.29, 1.82) is 5.26 Å². The first-order valence-corrected chi connectivity index (χ1v) is 15.5. The van der Waals surface area contributed by atoms with Crippen molar-refractivity contribution in [3.05, 3.63) is 52.4 Å². The zero-order chi connectivity index (χ0) is 32.1. The second kappa shape index (κ2) is 11.7. The first kappa shape index (κ1) is 31.9. The van der Waals surface area contributed by atoms with Crippen molar-refractivity contribution in [3.63, 3.8) is 0 Å². The van der Waals surface area contributed by atoms with Crippen LogP contribution in [0.3, 0.4) is 0 Å². The van der Waals surface area contributed by atoms with Crippen LogP contribution in [0.2, 0.25) is 5.02 Å². The van der Waals surface area contributed by atoms with E-state index >= 15 is 4.39 Å². The van der Waals surface area contributed by atoms with Crippen LogP contribution in [0.1, 0.15) is 57.2 Å². The molecule has 0 saturated carbocycles. The van der Waals surface area contributed by atoms with Gasteiger partial charge in [0.05, 0.1) is 52.3 Å². The molecule has 0 bridgehead atoms. The molecule has 13 heteroatoms. The molecule has 0 unspecified atom stereocenters. The third-order valence-electron chi connectivity index (χ3n) is 7.69. The van der Waals surface area contributed by atoms with E-state index in [2.05, 4.69) is 16.2 Å². The molecule has 0 aliphatic carbocycles. The molecule has 2 aromatic carbocycles. The molecular weight excluding hydrogens is 618 g/mol.